The fourth-order valence-electron chi connectivity index (χ4n) is 1.46. The van der Waals surface area contributed by atoms with Gasteiger partial charge >= 0.3 is 5.97 Å². The average Bonchev–Trinajstić information content (AvgIpc) is 2.84. The highest BCUT2D eigenvalue weighted by atomic mass is 35.5. The van der Waals surface area contributed by atoms with Gasteiger partial charge in [0.15, 0.2) is 5.13 Å². The van der Waals surface area contributed by atoms with Gasteiger partial charge in [0.05, 0.1) is 5.69 Å². The Morgan fingerprint density at radius 1 is 1.58 bits per heavy atom. The molecule has 5 nitrogen and oxygen atoms in total. The number of halogens is 1. The Balaban J connectivity index is 1.99. The number of benzene rings is 1. The van der Waals surface area contributed by atoms with Crippen LogP contribution in [0, 0.1) is 0 Å². The maximum atomic E-state index is 10.7. The molecule has 0 saturated heterocycles. The Labute approximate surface area is 119 Å². The Bertz CT molecular complexity index is 588. The largest absolute Gasteiger partial charge is 0.480 e. The maximum Gasteiger partial charge on any atom is 0.326 e. The van der Waals surface area contributed by atoms with Crippen molar-refractivity contribution in [1.82, 2.24) is 4.98 Å². The third-order valence-electron chi connectivity index (χ3n) is 2.44. The Morgan fingerprint density at radius 3 is 3.05 bits per heavy atom. The monoisotopic (exact) mass is 297 g/mol. The molecule has 0 aliphatic carbocycles. The van der Waals surface area contributed by atoms with Crippen LogP contribution in [-0.4, -0.2) is 16.1 Å². The number of hydrogen-bond acceptors (Lipinski definition) is 5. The molecule has 0 fully saturated rings. The van der Waals surface area contributed by atoms with Gasteiger partial charge in [-0.15, -0.1) is 11.3 Å². The molecule has 1 aromatic carbocycles. The van der Waals surface area contributed by atoms with Gasteiger partial charge in [0.2, 0.25) is 0 Å². The average molecular weight is 298 g/mol. The number of hydrogen-bond donors (Lipinski definition) is 3. The first-order chi connectivity index (χ1) is 9.06. The summed E-state index contributed by atoms with van der Waals surface area (Å²) in [6.07, 6.45) is 0. The van der Waals surface area contributed by atoms with Gasteiger partial charge in [-0.1, -0.05) is 23.7 Å². The number of anilines is 1. The zero-order chi connectivity index (χ0) is 13.8. The number of nitrogens with one attached hydrogen (secondary N) is 1. The van der Waals surface area contributed by atoms with E-state index in [9.17, 15) is 4.79 Å². The highest BCUT2D eigenvalue weighted by molar-refractivity contribution is 7.13. The lowest BCUT2D eigenvalue weighted by molar-refractivity contribution is -0.138. The van der Waals surface area contributed by atoms with Crippen LogP contribution in [0.5, 0.6) is 0 Å². The molecule has 1 aromatic heterocycles. The Morgan fingerprint density at radius 2 is 2.37 bits per heavy atom. The van der Waals surface area contributed by atoms with Crippen LogP contribution < -0.4 is 11.1 Å². The zero-order valence-electron chi connectivity index (χ0n) is 9.84. The van der Waals surface area contributed by atoms with Gasteiger partial charge in [0, 0.05) is 16.9 Å². The van der Waals surface area contributed by atoms with Crippen molar-refractivity contribution in [3.05, 3.63) is 45.9 Å². The summed E-state index contributed by atoms with van der Waals surface area (Å²) in [5, 5.41) is 14.8. The summed E-state index contributed by atoms with van der Waals surface area (Å²) in [7, 11) is 0. The number of carboxylic acids is 1. The second-order valence-corrected chi connectivity index (χ2v) is 5.17. The molecular formula is C12H12ClN3O2S. The normalized spacial score (nSPS) is 12.1. The van der Waals surface area contributed by atoms with Crippen molar-refractivity contribution in [1.29, 1.82) is 0 Å². The van der Waals surface area contributed by atoms with E-state index < -0.39 is 12.0 Å². The number of nitrogens with zero attached hydrogens (tertiary/aromatic N) is 1. The lowest BCUT2D eigenvalue weighted by Gasteiger charge is -2.04. The minimum absolute atomic E-state index is 0.353. The first-order valence-corrected chi connectivity index (χ1v) is 6.74. The first-order valence-electron chi connectivity index (χ1n) is 5.48. The molecule has 0 aliphatic rings. The lowest BCUT2D eigenvalue weighted by Crippen LogP contribution is -2.20. The molecular weight excluding hydrogens is 286 g/mol. The highest BCUT2D eigenvalue weighted by Crippen LogP contribution is 2.20. The summed E-state index contributed by atoms with van der Waals surface area (Å²) in [4.78, 5) is 14.9. The molecule has 1 heterocycles. The van der Waals surface area contributed by atoms with Gasteiger partial charge in [-0.2, -0.15) is 0 Å². The summed E-state index contributed by atoms with van der Waals surface area (Å²) >= 11 is 7.20. The summed E-state index contributed by atoms with van der Waals surface area (Å²) in [5.74, 6) is -1.09. The van der Waals surface area contributed by atoms with Crippen LogP contribution in [0.25, 0.3) is 0 Å². The molecule has 0 spiro atoms. The van der Waals surface area contributed by atoms with E-state index in [1.54, 1.807) is 11.4 Å². The van der Waals surface area contributed by atoms with Gasteiger partial charge in [-0.3, -0.25) is 4.79 Å². The van der Waals surface area contributed by atoms with E-state index in [2.05, 4.69) is 10.3 Å². The fraction of sp³-hybridized carbons (Fsp3) is 0.167. The summed E-state index contributed by atoms with van der Waals surface area (Å²) < 4.78 is 0. The van der Waals surface area contributed by atoms with Crippen molar-refractivity contribution < 1.29 is 9.90 Å². The number of carboxylic acid groups (broad SMARTS) is 1. The third kappa shape index (κ3) is 3.66. The lowest BCUT2D eigenvalue weighted by atomic mass is 10.2. The van der Waals surface area contributed by atoms with Crippen molar-refractivity contribution in [2.75, 3.05) is 5.32 Å². The van der Waals surface area contributed by atoms with Crippen LogP contribution in [-0.2, 0) is 11.3 Å². The van der Waals surface area contributed by atoms with Crippen LogP contribution in [0.15, 0.2) is 29.6 Å². The Hall–Kier alpha value is -1.63. The number of aliphatic carboxylic acids is 1. The summed E-state index contributed by atoms with van der Waals surface area (Å²) in [5.41, 5.74) is 6.85. The van der Waals surface area contributed by atoms with Gasteiger partial charge in [0.1, 0.15) is 6.04 Å². The molecule has 0 bridgehead atoms. The molecule has 0 saturated carbocycles. The van der Waals surface area contributed by atoms with Crippen LogP contribution in [0.4, 0.5) is 5.13 Å². The third-order valence-corrected chi connectivity index (χ3v) is 3.49. The van der Waals surface area contributed by atoms with Crippen molar-refractivity contribution in [2.24, 2.45) is 5.73 Å². The second-order valence-electron chi connectivity index (χ2n) is 3.88. The molecule has 0 amide bonds. The number of aromatic nitrogens is 1. The van der Waals surface area contributed by atoms with Crippen molar-refractivity contribution >= 4 is 34.0 Å². The standard InChI is InChI=1S/C12H12ClN3O2S/c13-8-3-1-2-7(4-8)5-15-12-16-9(6-19-12)10(14)11(17)18/h1-4,6,10H,5,14H2,(H,15,16)(H,17,18). The van der Waals surface area contributed by atoms with E-state index >= 15 is 0 Å². The van der Waals surface area contributed by atoms with E-state index in [-0.39, 0.29) is 0 Å². The van der Waals surface area contributed by atoms with Crippen LogP contribution in [0.2, 0.25) is 5.02 Å². The SMILES string of the molecule is NC(C(=O)O)c1csc(NCc2cccc(Cl)c2)n1. The van der Waals surface area contributed by atoms with Crippen molar-refractivity contribution in [3.63, 3.8) is 0 Å². The molecule has 1 unspecified atom stereocenters. The quantitative estimate of drug-likeness (QED) is 0.789. The predicted molar refractivity (Wildman–Crippen MR) is 75.5 cm³/mol. The number of rotatable bonds is 5. The van der Waals surface area contributed by atoms with Gasteiger partial charge in [0.25, 0.3) is 0 Å². The fourth-order valence-corrected chi connectivity index (χ4v) is 2.42. The van der Waals surface area contributed by atoms with E-state index in [4.69, 9.17) is 22.4 Å². The number of nitrogens with two attached hydrogens (primary N) is 1. The van der Waals surface area contributed by atoms with E-state index in [0.717, 1.165) is 5.56 Å². The van der Waals surface area contributed by atoms with E-state index in [1.165, 1.54) is 11.3 Å². The van der Waals surface area contributed by atoms with E-state index in [1.807, 2.05) is 18.2 Å². The highest BCUT2D eigenvalue weighted by Gasteiger charge is 2.17. The molecule has 1 atom stereocenters. The Kier molecular flexibility index (Phi) is 4.36. The molecule has 2 rings (SSSR count). The number of thiazole rings is 1. The molecule has 0 radical (unpaired) electrons. The molecule has 0 aliphatic heterocycles. The zero-order valence-corrected chi connectivity index (χ0v) is 11.4. The van der Waals surface area contributed by atoms with Gasteiger partial charge in [-0.05, 0) is 17.7 Å². The van der Waals surface area contributed by atoms with Crippen LogP contribution in [0.1, 0.15) is 17.3 Å². The molecule has 7 heteroatoms. The second kappa shape index (κ2) is 6.01. The predicted octanol–water partition coefficient (Wildman–Crippen LogP) is 2.49. The molecule has 4 N–H and O–H groups in total. The first kappa shape index (κ1) is 13.8. The van der Waals surface area contributed by atoms with Gasteiger partial charge < -0.3 is 16.2 Å². The van der Waals surface area contributed by atoms with E-state index in [0.29, 0.717) is 22.4 Å². The topological polar surface area (TPSA) is 88.2 Å². The van der Waals surface area contributed by atoms with Crippen LogP contribution in [0.3, 0.4) is 0 Å². The maximum absolute atomic E-state index is 10.7. The van der Waals surface area contributed by atoms with Crippen LogP contribution >= 0.6 is 22.9 Å². The minimum Gasteiger partial charge on any atom is -0.480 e. The molecule has 100 valence electrons. The summed E-state index contributed by atoms with van der Waals surface area (Å²) in [6, 6.07) is 6.38. The van der Waals surface area contributed by atoms with Crippen molar-refractivity contribution in [2.45, 2.75) is 12.6 Å². The molecule has 2 aromatic rings. The van der Waals surface area contributed by atoms with Crippen molar-refractivity contribution in [3.8, 4) is 0 Å². The smallest absolute Gasteiger partial charge is 0.326 e. The summed E-state index contributed by atoms with van der Waals surface area (Å²) in [6.45, 7) is 0.565. The molecule has 19 heavy (non-hydrogen) atoms. The minimum atomic E-state index is -1.09. The van der Waals surface area contributed by atoms with Gasteiger partial charge in [-0.25, -0.2) is 4.98 Å². The number of carbonyl (C=O) groups is 1.